The van der Waals surface area contributed by atoms with Crippen molar-refractivity contribution in [2.45, 2.75) is 31.2 Å². The summed E-state index contributed by atoms with van der Waals surface area (Å²) in [4.78, 5) is 13.4. The molecule has 0 aromatic carbocycles. The Labute approximate surface area is 121 Å². The zero-order valence-electron chi connectivity index (χ0n) is 11.2. The zero-order chi connectivity index (χ0) is 14.0. The number of hydrogen-bond donors (Lipinski definition) is 3. The van der Waals surface area contributed by atoms with Crippen molar-refractivity contribution in [2.24, 2.45) is 5.73 Å². The molecular weight excluding hydrogens is 272 g/mol. The molecule has 0 spiro atoms. The third-order valence-corrected chi connectivity index (χ3v) is 4.83. The van der Waals surface area contributed by atoms with Gasteiger partial charge in [0.2, 0.25) is 0 Å². The van der Waals surface area contributed by atoms with E-state index in [-0.39, 0.29) is 11.4 Å². The molecule has 2 heterocycles. The summed E-state index contributed by atoms with van der Waals surface area (Å²) in [5.41, 5.74) is 6.90. The predicted octanol–water partition coefficient (Wildman–Crippen LogP) is 2.14. The number of amides is 1. The lowest BCUT2D eigenvalue weighted by Gasteiger charge is -2.28. The number of H-pyrrole nitrogens is 1. The van der Waals surface area contributed by atoms with E-state index >= 15 is 0 Å². The zero-order valence-corrected chi connectivity index (χ0v) is 12.0. The van der Waals surface area contributed by atoms with Gasteiger partial charge in [0.05, 0.1) is 16.1 Å². The molecule has 0 unspecified atom stereocenters. The first-order chi connectivity index (χ1) is 9.72. The highest BCUT2D eigenvalue weighted by molar-refractivity contribution is 7.13. The van der Waals surface area contributed by atoms with E-state index in [1.165, 1.54) is 0 Å². The SMILES string of the molecule is NCC1(NC(=O)c2cc(-c3cccs3)[nH]n2)CCCC1. The molecular formula is C14H18N4OS. The fourth-order valence-electron chi connectivity index (χ4n) is 2.73. The molecule has 1 aliphatic carbocycles. The number of aromatic nitrogens is 2. The maximum absolute atomic E-state index is 12.3. The lowest BCUT2D eigenvalue weighted by molar-refractivity contribution is 0.0898. The monoisotopic (exact) mass is 290 g/mol. The fourth-order valence-corrected chi connectivity index (χ4v) is 3.43. The summed E-state index contributed by atoms with van der Waals surface area (Å²) < 4.78 is 0. The molecule has 1 amide bonds. The van der Waals surface area contributed by atoms with Crippen molar-refractivity contribution in [1.82, 2.24) is 15.5 Å². The van der Waals surface area contributed by atoms with Crippen molar-refractivity contribution in [1.29, 1.82) is 0 Å². The molecule has 1 aliphatic rings. The van der Waals surface area contributed by atoms with Gasteiger partial charge in [0.25, 0.3) is 5.91 Å². The molecule has 0 bridgehead atoms. The summed E-state index contributed by atoms with van der Waals surface area (Å²) in [5.74, 6) is -0.142. The highest BCUT2D eigenvalue weighted by atomic mass is 32.1. The van der Waals surface area contributed by atoms with Gasteiger partial charge in [-0.15, -0.1) is 11.3 Å². The van der Waals surface area contributed by atoms with Gasteiger partial charge in [-0.25, -0.2) is 0 Å². The second-order valence-electron chi connectivity index (χ2n) is 5.29. The van der Waals surface area contributed by atoms with E-state index in [1.54, 1.807) is 17.4 Å². The summed E-state index contributed by atoms with van der Waals surface area (Å²) >= 11 is 1.61. The van der Waals surface area contributed by atoms with Crippen LogP contribution in [0.15, 0.2) is 23.6 Å². The summed E-state index contributed by atoms with van der Waals surface area (Å²) in [6, 6.07) is 5.76. The fraction of sp³-hybridized carbons (Fsp3) is 0.429. The minimum atomic E-state index is -0.237. The first-order valence-electron chi connectivity index (χ1n) is 6.84. The van der Waals surface area contributed by atoms with Crippen LogP contribution in [0.2, 0.25) is 0 Å². The minimum absolute atomic E-state index is 0.142. The topological polar surface area (TPSA) is 83.8 Å². The number of nitrogens with one attached hydrogen (secondary N) is 2. The summed E-state index contributed by atoms with van der Waals surface area (Å²) in [6.45, 7) is 0.487. The van der Waals surface area contributed by atoms with Gasteiger partial charge in [0.15, 0.2) is 5.69 Å². The van der Waals surface area contributed by atoms with E-state index in [1.807, 2.05) is 17.5 Å². The van der Waals surface area contributed by atoms with Gasteiger partial charge in [0.1, 0.15) is 0 Å². The number of nitrogens with two attached hydrogens (primary N) is 1. The van der Waals surface area contributed by atoms with Crippen LogP contribution in [0, 0.1) is 0 Å². The van der Waals surface area contributed by atoms with Crippen molar-refractivity contribution in [2.75, 3.05) is 6.54 Å². The van der Waals surface area contributed by atoms with Gasteiger partial charge in [0, 0.05) is 6.54 Å². The predicted molar refractivity (Wildman–Crippen MR) is 79.6 cm³/mol. The van der Waals surface area contributed by atoms with Crippen molar-refractivity contribution in [3.63, 3.8) is 0 Å². The molecule has 4 N–H and O–H groups in total. The summed E-state index contributed by atoms with van der Waals surface area (Å²) in [5, 5.41) is 12.1. The number of hydrogen-bond acceptors (Lipinski definition) is 4. The molecule has 2 aromatic rings. The van der Waals surface area contributed by atoms with Gasteiger partial charge in [-0.3, -0.25) is 9.89 Å². The van der Waals surface area contributed by atoms with Crippen LogP contribution in [0.25, 0.3) is 10.6 Å². The molecule has 0 atom stereocenters. The average molecular weight is 290 g/mol. The van der Waals surface area contributed by atoms with E-state index < -0.39 is 0 Å². The molecule has 0 radical (unpaired) electrons. The van der Waals surface area contributed by atoms with Crippen LogP contribution >= 0.6 is 11.3 Å². The number of rotatable bonds is 4. The van der Waals surface area contributed by atoms with E-state index in [2.05, 4.69) is 15.5 Å². The highest BCUT2D eigenvalue weighted by Crippen LogP contribution is 2.29. The van der Waals surface area contributed by atoms with E-state index in [0.29, 0.717) is 12.2 Å². The van der Waals surface area contributed by atoms with Crippen LogP contribution in [-0.2, 0) is 0 Å². The Hall–Kier alpha value is -1.66. The lowest BCUT2D eigenvalue weighted by Crippen LogP contribution is -2.51. The van der Waals surface area contributed by atoms with Gasteiger partial charge >= 0.3 is 0 Å². The average Bonchev–Trinajstić information content (AvgIpc) is 3.19. The Bertz CT molecular complexity index is 584. The first-order valence-corrected chi connectivity index (χ1v) is 7.72. The number of carbonyl (C=O) groups is 1. The molecule has 1 saturated carbocycles. The van der Waals surface area contributed by atoms with Crippen molar-refractivity contribution in [3.05, 3.63) is 29.3 Å². The molecule has 106 valence electrons. The highest BCUT2D eigenvalue weighted by Gasteiger charge is 2.34. The largest absolute Gasteiger partial charge is 0.344 e. The van der Waals surface area contributed by atoms with Gasteiger partial charge in [-0.05, 0) is 30.4 Å². The molecule has 2 aromatic heterocycles. The summed E-state index contributed by atoms with van der Waals surface area (Å²) in [6.07, 6.45) is 4.16. The van der Waals surface area contributed by atoms with Crippen LogP contribution in [0.5, 0.6) is 0 Å². The molecule has 3 rings (SSSR count). The third-order valence-electron chi connectivity index (χ3n) is 3.93. The van der Waals surface area contributed by atoms with E-state index in [0.717, 1.165) is 36.3 Å². The van der Waals surface area contributed by atoms with Crippen LogP contribution in [-0.4, -0.2) is 28.2 Å². The van der Waals surface area contributed by atoms with Crippen molar-refractivity contribution < 1.29 is 4.79 Å². The van der Waals surface area contributed by atoms with Gasteiger partial charge in [-0.2, -0.15) is 5.10 Å². The number of carbonyl (C=O) groups excluding carboxylic acids is 1. The number of aromatic amines is 1. The maximum Gasteiger partial charge on any atom is 0.272 e. The van der Waals surface area contributed by atoms with E-state index in [4.69, 9.17) is 5.73 Å². The van der Waals surface area contributed by atoms with Crippen LogP contribution in [0.1, 0.15) is 36.2 Å². The Morgan fingerprint density at radius 3 is 2.95 bits per heavy atom. The standard InChI is InChI=1S/C14H18N4OS/c15-9-14(5-1-2-6-14)16-13(19)11-8-10(17-18-11)12-4-3-7-20-12/h3-4,7-8H,1-2,5-6,9,15H2,(H,16,19)(H,17,18). The molecule has 5 nitrogen and oxygen atoms in total. The smallest absolute Gasteiger partial charge is 0.272 e. The molecule has 20 heavy (non-hydrogen) atoms. The van der Waals surface area contributed by atoms with Gasteiger partial charge < -0.3 is 11.1 Å². The number of nitrogens with zero attached hydrogens (tertiary/aromatic N) is 1. The molecule has 0 saturated heterocycles. The molecule has 1 fully saturated rings. The minimum Gasteiger partial charge on any atom is -0.344 e. The molecule has 0 aliphatic heterocycles. The normalized spacial score (nSPS) is 17.2. The quantitative estimate of drug-likeness (QED) is 0.806. The molecule has 6 heteroatoms. The van der Waals surface area contributed by atoms with Crippen molar-refractivity contribution >= 4 is 17.2 Å². The second-order valence-corrected chi connectivity index (χ2v) is 6.24. The second kappa shape index (κ2) is 5.38. The summed E-state index contributed by atoms with van der Waals surface area (Å²) in [7, 11) is 0. The maximum atomic E-state index is 12.3. The Morgan fingerprint density at radius 1 is 1.50 bits per heavy atom. The Morgan fingerprint density at radius 2 is 2.30 bits per heavy atom. The Balaban J connectivity index is 1.74. The van der Waals surface area contributed by atoms with Gasteiger partial charge in [-0.1, -0.05) is 18.9 Å². The van der Waals surface area contributed by atoms with E-state index in [9.17, 15) is 4.79 Å². The van der Waals surface area contributed by atoms with Crippen LogP contribution in [0.4, 0.5) is 0 Å². The van der Waals surface area contributed by atoms with Crippen LogP contribution in [0.3, 0.4) is 0 Å². The third kappa shape index (κ3) is 2.48. The lowest BCUT2D eigenvalue weighted by atomic mass is 9.97. The van der Waals surface area contributed by atoms with Crippen LogP contribution < -0.4 is 11.1 Å². The Kier molecular flexibility index (Phi) is 3.58. The first kappa shape index (κ1) is 13.3. The number of thiophene rings is 1. The van der Waals surface area contributed by atoms with Crippen molar-refractivity contribution in [3.8, 4) is 10.6 Å².